The van der Waals surface area contributed by atoms with Crippen molar-refractivity contribution in [1.29, 1.82) is 0 Å². The summed E-state index contributed by atoms with van der Waals surface area (Å²) in [6, 6.07) is 0. The first-order valence-corrected chi connectivity index (χ1v) is 5.61. The van der Waals surface area contributed by atoms with E-state index in [-0.39, 0.29) is 11.8 Å². The van der Waals surface area contributed by atoms with Crippen LogP contribution in [0.1, 0.15) is 26.2 Å². The van der Waals surface area contributed by atoms with Crippen molar-refractivity contribution < 1.29 is 14.3 Å². The largest absolute Gasteiger partial charge is 0.465 e. The number of ether oxygens (including phenoxy) is 1. The van der Waals surface area contributed by atoms with Crippen LogP contribution in [0, 0.1) is 0 Å². The van der Waals surface area contributed by atoms with Gasteiger partial charge in [-0.05, 0) is 25.5 Å². The average Bonchev–Trinajstić information content (AvgIpc) is 2.30. The summed E-state index contributed by atoms with van der Waals surface area (Å²) >= 11 is 1.42. The maximum atomic E-state index is 11.4. The molecule has 1 atom stereocenters. The molecule has 1 rings (SSSR count). The van der Waals surface area contributed by atoms with Gasteiger partial charge in [0.25, 0.3) is 0 Å². The van der Waals surface area contributed by atoms with Crippen LogP contribution in [-0.2, 0) is 14.3 Å². The van der Waals surface area contributed by atoms with Crippen LogP contribution in [0.25, 0.3) is 0 Å². The molecule has 0 aromatic heterocycles. The summed E-state index contributed by atoms with van der Waals surface area (Å²) in [5.74, 6) is 0.551. The lowest BCUT2D eigenvalue weighted by Gasteiger charge is -2.10. The second kappa shape index (κ2) is 5.27. The van der Waals surface area contributed by atoms with Gasteiger partial charge in [-0.1, -0.05) is 0 Å². The highest BCUT2D eigenvalue weighted by Gasteiger charge is 2.29. The van der Waals surface area contributed by atoms with Gasteiger partial charge in [0, 0.05) is 6.42 Å². The minimum Gasteiger partial charge on any atom is -0.465 e. The second-order valence-corrected chi connectivity index (χ2v) is 4.14. The molecule has 1 fully saturated rings. The number of hydrogen-bond acceptors (Lipinski definition) is 4. The number of Topliss-reactive ketones (excluding diaryl/α,β-unsaturated/α-hetero) is 1. The first kappa shape index (κ1) is 10.6. The van der Waals surface area contributed by atoms with E-state index in [0.29, 0.717) is 13.0 Å². The highest BCUT2D eigenvalue weighted by Crippen LogP contribution is 2.22. The van der Waals surface area contributed by atoms with Crippen LogP contribution < -0.4 is 0 Å². The molecule has 0 N–H and O–H groups in total. The summed E-state index contributed by atoms with van der Waals surface area (Å²) in [7, 11) is 0. The van der Waals surface area contributed by atoms with Crippen LogP contribution in [0.4, 0.5) is 0 Å². The molecule has 1 aliphatic rings. The first-order chi connectivity index (χ1) is 6.25. The Hall–Kier alpha value is -0.510. The highest BCUT2D eigenvalue weighted by molar-refractivity contribution is 8.01. The van der Waals surface area contributed by atoms with Crippen molar-refractivity contribution in [2.24, 2.45) is 0 Å². The van der Waals surface area contributed by atoms with Gasteiger partial charge >= 0.3 is 5.97 Å². The van der Waals surface area contributed by atoms with Gasteiger partial charge in [-0.15, -0.1) is 11.8 Å². The molecule has 13 heavy (non-hydrogen) atoms. The maximum absolute atomic E-state index is 11.4. The summed E-state index contributed by atoms with van der Waals surface area (Å²) in [5.41, 5.74) is 0. The maximum Gasteiger partial charge on any atom is 0.326 e. The third-order valence-electron chi connectivity index (χ3n) is 1.90. The minimum atomic E-state index is -0.553. The minimum absolute atomic E-state index is 0.0287. The van der Waals surface area contributed by atoms with Crippen LogP contribution in [0.2, 0.25) is 0 Å². The molecule has 0 spiro atoms. The molecular weight excluding hydrogens is 188 g/mol. The standard InChI is InChI=1S/C9H14O3S/c1-2-12-9(11)8-7(10)5-3-4-6-13-8/h8H,2-6H2,1H3. The molecule has 0 amide bonds. The first-order valence-electron chi connectivity index (χ1n) is 4.56. The van der Waals surface area contributed by atoms with Crippen LogP contribution >= 0.6 is 11.8 Å². The third-order valence-corrected chi connectivity index (χ3v) is 3.21. The molecule has 0 aromatic rings. The molecule has 1 saturated heterocycles. The summed E-state index contributed by atoms with van der Waals surface area (Å²) in [4.78, 5) is 22.7. The fraction of sp³-hybridized carbons (Fsp3) is 0.778. The Balaban J connectivity index is 2.53. The number of rotatable bonds is 2. The monoisotopic (exact) mass is 202 g/mol. The topological polar surface area (TPSA) is 43.4 Å². The van der Waals surface area contributed by atoms with Crippen molar-refractivity contribution in [1.82, 2.24) is 0 Å². The molecule has 0 bridgehead atoms. The van der Waals surface area contributed by atoms with Crippen molar-refractivity contribution in [2.75, 3.05) is 12.4 Å². The number of hydrogen-bond donors (Lipinski definition) is 0. The van der Waals surface area contributed by atoms with Crippen LogP contribution in [0.5, 0.6) is 0 Å². The van der Waals surface area contributed by atoms with Gasteiger partial charge < -0.3 is 4.74 Å². The van der Waals surface area contributed by atoms with E-state index in [2.05, 4.69) is 0 Å². The fourth-order valence-electron chi connectivity index (χ4n) is 1.24. The molecule has 1 heterocycles. The molecule has 0 aliphatic carbocycles. The van der Waals surface area contributed by atoms with Crippen LogP contribution in [0.15, 0.2) is 0 Å². The van der Waals surface area contributed by atoms with Crippen molar-refractivity contribution in [3.05, 3.63) is 0 Å². The van der Waals surface area contributed by atoms with E-state index in [4.69, 9.17) is 4.74 Å². The van der Waals surface area contributed by atoms with Gasteiger partial charge in [0.15, 0.2) is 11.0 Å². The van der Waals surface area contributed by atoms with E-state index in [1.165, 1.54) is 11.8 Å². The number of ketones is 1. The van der Waals surface area contributed by atoms with E-state index in [9.17, 15) is 9.59 Å². The normalized spacial score (nSPS) is 23.8. The summed E-state index contributed by atoms with van der Waals surface area (Å²) in [6.07, 6.45) is 2.45. The second-order valence-electron chi connectivity index (χ2n) is 2.93. The Kier molecular flexibility index (Phi) is 4.28. The van der Waals surface area contributed by atoms with E-state index in [1.54, 1.807) is 6.92 Å². The van der Waals surface area contributed by atoms with Gasteiger partial charge in [0.1, 0.15) is 0 Å². The number of carbonyl (C=O) groups is 2. The zero-order valence-corrected chi connectivity index (χ0v) is 8.56. The molecule has 1 unspecified atom stereocenters. The van der Waals surface area contributed by atoms with Crippen LogP contribution in [-0.4, -0.2) is 29.4 Å². The predicted molar refractivity (Wildman–Crippen MR) is 51.7 cm³/mol. The van der Waals surface area contributed by atoms with Crippen molar-refractivity contribution in [3.8, 4) is 0 Å². The Bertz CT molecular complexity index is 203. The van der Waals surface area contributed by atoms with Gasteiger partial charge in [-0.25, -0.2) is 0 Å². The van der Waals surface area contributed by atoms with E-state index < -0.39 is 5.25 Å². The molecule has 1 aliphatic heterocycles. The highest BCUT2D eigenvalue weighted by atomic mass is 32.2. The number of thioether (sulfide) groups is 1. The zero-order chi connectivity index (χ0) is 9.68. The van der Waals surface area contributed by atoms with Gasteiger partial charge in [-0.3, -0.25) is 9.59 Å². The smallest absolute Gasteiger partial charge is 0.326 e. The third kappa shape index (κ3) is 3.03. The lowest BCUT2D eigenvalue weighted by atomic mass is 10.1. The van der Waals surface area contributed by atoms with E-state index in [0.717, 1.165) is 18.6 Å². The SMILES string of the molecule is CCOC(=O)C1SCCCCC1=O. The Labute approximate surface area is 82.2 Å². The number of carbonyl (C=O) groups excluding carboxylic acids is 2. The Morgan fingerprint density at radius 1 is 1.62 bits per heavy atom. The Morgan fingerprint density at radius 3 is 3.08 bits per heavy atom. The lowest BCUT2D eigenvalue weighted by molar-refractivity contribution is -0.144. The lowest BCUT2D eigenvalue weighted by Crippen LogP contribution is -2.28. The average molecular weight is 202 g/mol. The van der Waals surface area contributed by atoms with Crippen molar-refractivity contribution in [3.63, 3.8) is 0 Å². The molecule has 4 heteroatoms. The van der Waals surface area contributed by atoms with Crippen molar-refractivity contribution in [2.45, 2.75) is 31.4 Å². The summed E-state index contributed by atoms with van der Waals surface area (Å²) in [6.45, 7) is 2.10. The Morgan fingerprint density at radius 2 is 2.38 bits per heavy atom. The molecule has 0 aromatic carbocycles. The summed E-state index contributed by atoms with van der Waals surface area (Å²) < 4.78 is 4.83. The summed E-state index contributed by atoms with van der Waals surface area (Å²) in [5, 5.41) is -0.553. The molecular formula is C9H14O3S. The van der Waals surface area contributed by atoms with Crippen LogP contribution in [0.3, 0.4) is 0 Å². The molecule has 74 valence electrons. The number of esters is 1. The van der Waals surface area contributed by atoms with Gasteiger partial charge in [0.2, 0.25) is 0 Å². The molecule has 3 nitrogen and oxygen atoms in total. The zero-order valence-electron chi connectivity index (χ0n) is 7.75. The molecule has 0 radical (unpaired) electrons. The quantitative estimate of drug-likeness (QED) is 0.501. The van der Waals surface area contributed by atoms with Gasteiger partial charge in [0.05, 0.1) is 6.61 Å². The van der Waals surface area contributed by atoms with Gasteiger partial charge in [-0.2, -0.15) is 0 Å². The predicted octanol–water partition coefficient (Wildman–Crippen LogP) is 1.40. The fourth-order valence-corrected chi connectivity index (χ4v) is 2.36. The van der Waals surface area contributed by atoms with E-state index in [1.807, 2.05) is 0 Å². The molecule has 0 saturated carbocycles. The van der Waals surface area contributed by atoms with Crippen molar-refractivity contribution >= 4 is 23.5 Å². The van der Waals surface area contributed by atoms with E-state index >= 15 is 0 Å².